The molecule has 2 heterocycles. The normalized spacial score (nSPS) is 18.0. The predicted octanol–water partition coefficient (Wildman–Crippen LogP) is 2.63. The second kappa shape index (κ2) is 7.90. The molecule has 7 heteroatoms. The molecule has 0 spiro atoms. The highest BCUT2D eigenvalue weighted by Crippen LogP contribution is 2.32. The molecule has 7 nitrogen and oxygen atoms in total. The van der Waals surface area contributed by atoms with Crippen LogP contribution in [0.1, 0.15) is 25.3 Å². The van der Waals surface area contributed by atoms with E-state index in [2.05, 4.69) is 5.32 Å². The third-order valence-electron chi connectivity index (χ3n) is 4.70. The number of hydrogen-bond donors (Lipinski definition) is 1. The summed E-state index contributed by atoms with van der Waals surface area (Å²) in [6.07, 6.45) is 1.05. The second-order valence-electron chi connectivity index (χ2n) is 6.73. The van der Waals surface area contributed by atoms with Gasteiger partial charge in [-0.3, -0.25) is 9.59 Å². The Kier molecular flexibility index (Phi) is 5.16. The van der Waals surface area contributed by atoms with Crippen molar-refractivity contribution < 1.29 is 23.8 Å². The smallest absolute Gasteiger partial charge is 0.251 e. The fourth-order valence-electron chi connectivity index (χ4n) is 3.27. The zero-order valence-corrected chi connectivity index (χ0v) is 15.6. The molecule has 0 radical (unpaired) electrons. The lowest BCUT2D eigenvalue weighted by atomic mass is 10.1. The fourth-order valence-corrected chi connectivity index (χ4v) is 3.27. The van der Waals surface area contributed by atoms with Crippen molar-refractivity contribution in [2.24, 2.45) is 0 Å². The van der Waals surface area contributed by atoms with E-state index in [1.54, 1.807) is 24.3 Å². The van der Waals surface area contributed by atoms with E-state index in [1.807, 2.05) is 25.1 Å². The summed E-state index contributed by atoms with van der Waals surface area (Å²) in [5.41, 5.74) is 1.52. The summed E-state index contributed by atoms with van der Waals surface area (Å²) < 4.78 is 16.2. The first-order chi connectivity index (χ1) is 13.7. The van der Waals surface area contributed by atoms with Crippen LogP contribution < -0.4 is 24.4 Å². The van der Waals surface area contributed by atoms with Crippen LogP contribution in [-0.4, -0.2) is 31.3 Å². The minimum absolute atomic E-state index is 0.136. The van der Waals surface area contributed by atoms with E-state index >= 15 is 0 Å². The van der Waals surface area contributed by atoms with Crippen molar-refractivity contribution >= 4 is 17.5 Å². The summed E-state index contributed by atoms with van der Waals surface area (Å²) >= 11 is 0. The average molecular weight is 382 g/mol. The summed E-state index contributed by atoms with van der Waals surface area (Å²) in [4.78, 5) is 26.4. The molecular weight excluding hydrogens is 360 g/mol. The highest BCUT2D eigenvalue weighted by atomic mass is 16.7. The molecule has 0 unspecified atom stereocenters. The third kappa shape index (κ3) is 3.66. The van der Waals surface area contributed by atoms with E-state index in [9.17, 15) is 9.59 Å². The Hall–Kier alpha value is -3.06. The van der Waals surface area contributed by atoms with Crippen molar-refractivity contribution in [3.8, 4) is 17.2 Å². The van der Waals surface area contributed by atoms with Crippen LogP contribution in [0.4, 0.5) is 5.69 Å². The first kappa shape index (κ1) is 18.3. The van der Waals surface area contributed by atoms with Gasteiger partial charge in [-0.05, 0) is 48.4 Å². The number of nitrogens with one attached hydrogen (secondary N) is 1. The van der Waals surface area contributed by atoms with Crippen LogP contribution >= 0.6 is 0 Å². The lowest BCUT2D eigenvalue weighted by Gasteiger charge is -2.16. The fraction of sp³-hybridized carbons (Fsp3) is 0.333. The number of carbonyl (C=O) groups excluding carboxylic acids is 2. The van der Waals surface area contributed by atoms with Gasteiger partial charge in [0.15, 0.2) is 11.5 Å². The number of ether oxygens (including phenoxy) is 3. The summed E-state index contributed by atoms with van der Waals surface area (Å²) in [5.74, 6) is 1.68. The summed E-state index contributed by atoms with van der Waals surface area (Å²) in [7, 11) is 0. The maximum atomic E-state index is 12.7. The Morgan fingerprint density at radius 3 is 2.68 bits per heavy atom. The van der Waals surface area contributed by atoms with Gasteiger partial charge in [0.1, 0.15) is 5.75 Å². The topological polar surface area (TPSA) is 77.1 Å². The maximum absolute atomic E-state index is 12.7. The predicted molar refractivity (Wildman–Crippen MR) is 103 cm³/mol. The maximum Gasteiger partial charge on any atom is 0.251 e. The van der Waals surface area contributed by atoms with Crippen LogP contribution in [-0.2, 0) is 16.1 Å². The lowest BCUT2D eigenvalue weighted by Crippen LogP contribution is -2.38. The van der Waals surface area contributed by atoms with E-state index in [4.69, 9.17) is 14.2 Å². The number of amides is 2. The number of hydrogen-bond acceptors (Lipinski definition) is 6. The molecule has 1 atom stereocenters. The minimum Gasteiger partial charge on any atom is -0.494 e. The number of nitrogens with zero attached hydrogens (tertiary/aromatic N) is 1. The molecule has 0 bridgehead atoms. The molecule has 1 N–H and O–H groups in total. The van der Waals surface area contributed by atoms with E-state index in [0.717, 1.165) is 17.7 Å². The van der Waals surface area contributed by atoms with Crippen LogP contribution in [0.2, 0.25) is 0 Å². The molecule has 28 heavy (non-hydrogen) atoms. The summed E-state index contributed by atoms with van der Waals surface area (Å²) in [6, 6.07) is 12.1. The monoisotopic (exact) mass is 382 g/mol. The molecule has 2 aromatic rings. The highest BCUT2D eigenvalue weighted by molar-refractivity contribution is 6.22. The molecule has 2 aliphatic heterocycles. The van der Waals surface area contributed by atoms with Gasteiger partial charge in [0.05, 0.1) is 24.8 Å². The Balaban J connectivity index is 1.39. The zero-order valence-electron chi connectivity index (χ0n) is 15.6. The molecule has 0 aliphatic carbocycles. The van der Waals surface area contributed by atoms with Crippen LogP contribution in [0.25, 0.3) is 0 Å². The van der Waals surface area contributed by atoms with Crippen molar-refractivity contribution in [2.45, 2.75) is 32.4 Å². The van der Waals surface area contributed by atoms with Gasteiger partial charge in [-0.25, -0.2) is 4.90 Å². The van der Waals surface area contributed by atoms with Gasteiger partial charge in [0, 0.05) is 6.54 Å². The SMILES string of the molecule is CCCOc1ccc(N2C(=O)C[C@@H](NCc3ccc4c(c3)OCO4)C2=O)cc1. The van der Waals surface area contributed by atoms with Gasteiger partial charge in [-0.1, -0.05) is 13.0 Å². The molecular formula is C21H22N2O5. The first-order valence-electron chi connectivity index (χ1n) is 9.37. The van der Waals surface area contributed by atoms with Crippen molar-refractivity contribution in [3.63, 3.8) is 0 Å². The number of imide groups is 1. The molecule has 146 valence electrons. The molecule has 1 saturated heterocycles. The Bertz CT molecular complexity index is 881. The van der Waals surface area contributed by atoms with Crippen LogP contribution in [0.3, 0.4) is 0 Å². The zero-order chi connectivity index (χ0) is 19.5. The van der Waals surface area contributed by atoms with E-state index in [-0.39, 0.29) is 25.0 Å². The average Bonchev–Trinajstić information content (AvgIpc) is 3.28. The van der Waals surface area contributed by atoms with Gasteiger partial charge in [-0.2, -0.15) is 0 Å². The van der Waals surface area contributed by atoms with E-state index in [0.29, 0.717) is 30.3 Å². The molecule has 2 aliphatic rings. The summed E-state index contributed by atoms with van der Waals surface area (Å²) in [6.45, 7) is 3.34. The summed E-state index contributed by atoms with van der Waals surface area (Å²) in [5, 5.41) is 3.18. The van der Waals surface area contributed by atoms with Crippen LogP contribution in [0, 0.1) is 0 Å². The van der Waals surface area contributed by atoms with Crippen molar-refractivity contribution in [2.75, 3.05) is 18.3 Å². The number of carbonyl (C=O) groups is 2. The number of rotatable bonds is 7. The van der Waals surface area contributed by atoms with Gasteiger partial charge < -0.3 is 19.5 Å². The molecule has 1 fully saturated rings. The lowest BCUT2D eigenvalue weighted by molar-refractivity contribution is -0.121. The van der Waals surface area contributed by atoms with Gasteiger partial charge in [0.25, 0.3) is 5.91 Å². The van der Waals surface area contributed by atoms with Gasteiger partial charge in [-0.15, -0.1) is 0 Å². The van der Waals surface area contributed by atoms with E-state index < -0.39 is 6.04 Å². The molecule has 0 saturated carbocycles. The number of fused-ring (bicyclic) bond motifs is 1. The second-order valence-corrected chi connectivity index (χ2v) is 6.73. The number of anilines is 1. The molecule has 4 rings (SSSR count). The number of benzene rings is 2. The molecule has 2 amide bonds. The quantitative estimate of drug-likeness (QED) is 0.742. The highest BCUT2D eigenvalue weighted by Gasteiger charge is 2.39. The Morgan fingerprint density at radius 1 is 1.11 bits per heavy atom. The largest absolute Gasteiger partial charge is 0.494 e. The Morgan fingerprint density at radius 2 is 1.89 bits per heavy atom. The third-order valence-corrected chi connectivity index (χ3v) is 4.70. The first-order valence-corrected chi connectivity index (χ1v) is 9.37. The van der Waals surface area contributed by atoms with E-state index in [1.165, 1.54) is 4.90 Å². The minimum atomic E-state index is -0.547. The van der Waals surface area contributed by atoms with Crippen molar-refractivity contribution in [1.29, 1.82) is 0 Å². The Labute approximate surface area is 163 Å². The standard InChI is InChI=1S/C21H22N2O5/c1-2-9-26-16-6-4-15(5-7-16)23-20(24)11-17(21(23)25)22-12-14-3-8-18-19(10-14)28-13-27-18/h3-8,10,17,22H,2,9,11-13H2,1H3/t17-/m1/s1. The molecule has 2 aromatic carbocycles. The van der Waals surface area contributed by atoms with Crippen LogP contribution in [0.5, 0.6) is 17.2 Å². The van der Waals surface area contributed by atoms with Crippen LogP contribution in [0.15, 0.2) is 42.5 Å². The van der Waals surface area contributed by atoms with Gasteiger partial charge in [0.2, 0.25) is 12.7 Å². The van der Waals surface area contributed by atoms with Crippen molar-refractivity contribution in [3.05, 3.63) is 48.0 Å². The van der Waals surface area contributed by atoms with Gasteiger partial charge >= 0.3 is 0 Å². The molecule has 0 aromatic heterocycles. The van der Waals surface area contributed by atoms with Crippen molar-refractivity contribution in [1.82, 2.24) is 5.32 Å².